The highest BCUT2D eigenvalue weighted by atomic mass is 16.6. The molecule has 0 aromatic rings. The lowest BCUT2D eigenvalue weighted by Gasteiger charge is -2.28. The summed E-state index contributed by atoms with van der Waals surface area (Å²) in [5.41, 5.74) is 0.656. The lowest BCUT2D eigenvalue weighted by atomic mass is 9.92. The normalized spacial score (nSPS) is 20.9. The zero-order valence-electron chi connectivity index (χ0n) is 14.2. The number of cyclic esters (lactones) is 1. The topological polar surface area (TPSA) is 66.8 Å². The van der Waals surface area contributed by atoms with Crippen LogP contribution in [0.4, 0.5) is 4.79 Å². The second-order valence-corrected chi connectivity index (χ2v) is 6.45. The van der Waals surface area contributed by atoms with Crippen molar-refractivity contribution in [3.8, 4) is 0 Å². The van der Waals surface area contributed by atoms with Crippen molar-refractivity contribution in [2.24, 2.45) is 11.8 Å². The summed E-state index contributed by atoms with van der Waals surface area (Å²) in [4.78, 5) is 25.6. The Balaban J connectivity index is 2.70. The van der Waals surface area contributed by atoms with Crippen LogP contribution in [0, 0.1) is 11.8 Å². The van der Waals surface area contributed by atoms with E-state index in [0.29, 0.717) is 12.0 Å². The fourth-order valence-corrected chi connectivity index (χ4v) is 2.64. The summed E-state index contributed by atoms with van der Waals surface area (Å²) in [6, 6.07) is -0.261. The number of imide groups is 1. The first kappa shape index (κ1) is 18.7. The Morgan fingerprint density at radius 1 is 1.41 bits per heavy atom. The van der Waals surface area contributed by atoms with E-state index >= 15 is 0 Å². The number of hydrogen-bond acceptors (Lipinski definition) is 4. The van der Waals surface area contributed by atoms with E-state index in [2.05, 4.69) is 13.5 Å². The molecular weight excluding hydrogens is 282 g/mol. The molecule has 5 heteroatoms. The van der Waals surface area contributed by atoms with Crippen molar-refractivity contribution < 1.29 is 19.4 Å². The van der Waals surface area contributed by atoms with Crippen molar-refractivity contribution in [2.75, 3.05) is 6.61 Å². The molecule has 1 aliphatic rings. The molecular formula is C17H29NO4. The molecule has 3 atom stereocenters. The minimum Gasteiger partial charge on any atom is -0.447 e. The number of unbranched alkanes of at least 4 members (excludes halogenated alkanes) is 2. The fraction of sp³-hybridized carbons (Fsp3) is 0.765. The van der Waals surface area contributed by atoms with Crippen LogP contribution in [0.25, 0.3) is 0 Å². The summed E-state index contributed by atoms with van der Waals surface area (Å²) >= 11 is 0. The predicted octanol–water partition coefficient (Wildman–Crippen LogP) is 3.12. The number of aliphatic hydroxyl groups excluding tert-OH is 1. The van der Waals surface area contributed by atoms with Crippen LogP contribution in [0.2, 0.25) is 0 Å². The molecule has 5 nitrogen and oxygen atoms in total. The molecule has 0 saturated carbocycles. The molecule has 0 spiro atoms. The highest BCUT2D eigenvalue weighted by Gasteiger charge is 2.42. The minimum atomic E-state index is -0.925. The summed E-state index contributed by atoms with van der Waals surface area (Å²) in [5, 5.41) is 10.3. The molecule has 1 heterocycles. The van der Waals surface area contributed by atoms with Crippen LogP contribution >= 0.6 is 0 Å². The van der Waals surface area contributed by atoms with Gasteiger partial charge in [0.05, 0.1) is 18.1 Å². The fourth-order valence-electron chi connectivity index (χ4n) is 2.64. The average Bonchev–Trinajstić information content (AvgIpc) is 2.87. The Kier molecular flexibility index (Phi) is 7.07. The summed E-state index contributed by atoms with van der Waals surface area (Å²) < 4.78 is 4.99. The van der Waals surface area contributed by atoms with Crippen LogP contribution in [-0.2, 0) is 9.53 Å². The van der Waals surface area contributed by atoms with Crippen molar-refractivity contribution in [3.63, 3.8) is 0 Å². The summed E-state index contributed by atoms with van der Waals surface area (Å²) in [6.45, 7) is 11.7. The molecule has 2 amide bonds. The molecule has 1 saturated heterocycles. The standard InChI is InChI=1S/C17H29NO4/c1-6-7-8-9-12(4)15(19)13(5)16(20)18-14(11(2)3)10-22-17(18)21/h11,13-15,19H,4,6-10H2,1-3,5H3/t13-,14?,15+/m0/s1. The van der Waals surface area contributed by atoms with Gasteiger partial charge >= 0.3 is 6.09 Å². The molecule has 0 aliphatic carbocycles. The van der Waals surface area contributed by atoms with Gasteiger partial charge in [-0.15, -0.1) is 0 Å². The SMILES string of the molecule is C=C(CCCCC)[C@@H](O)[C@H](C)C(=O)N1C(=O)OCC1C(C)C. The Morgan fingerprint density at radius 2 is 2.05 bits per heavy atom. The molecule has 1 N–H and O–H groups in total. The van der Waals surface area contributed by atoms with Crippen molar-refractivity contribution in [1.82, 2.24) is 4.90 Å². The third kappa shape index (κ3) is 4.32. The lowest BCUT2D eigenvalue weighted by molar-refractivity contribution is -0.136. The van der Waals surface area contributed by atoms with Crippen molar-refractivity contribution in [2.45, 2.75) is 65.5 Å². The molecule has 1 rings (SSSR count). The Hall–Kier alpha value is -1.36. The maximum atomic E-state index is 12.6. The van der Waals surface area contributed by atoms with Gasteiger partial charge in [0.25, 0.3) is 0 Å². The van der Waals surface area contributed by atoms with E-state index in [9.17, 15) is 14.7 Å². The molecule has 0 aromatic heterocycles. The first-order valence-electron chi connectivity index (χ1n) is 8.16. The monoisotopic (exact) mass is 311 g/mol. The maximum Gasteiger partial charge on any atom is 0.416 e. The van der Waals surface area contributed by atoms with Crippen LogP contribution in [0.1, 0.15) is 53.4 Å². The van der Waals surface area contributed by atoms with E-state index in [1.54, 1.807) is 6.92 Å². The molecule has 126 valence electrons. The summed E-state index contributed by atoms with van der Waals surface area (Å²) in [6.07, 6.45) is 2.28. The molecule has 0 aromatic carbocycles. The van der Waals surface area contributed by atoms with Gasteiger partial charge in [0.2, 0.25) is 5.91 Å². The zero-order valence-corrected chi connectivity index (χ0v) is 14.2. The number of ether oxygens (including phenoxy) is 1. The second kappa shape index (κ2) is 8.32. The third-order valence-electron chi connectivity index (χ3n) is 4.30. The van der Waals surface area contributed by atoms with E-state index < -0.39 is 18.1 Å². The van der Waals surface area contributed by atoms with E-state index in [1.807, 2.05) is 13.8 Å². The van der Waals surface area contributed by atoms with E-state index in [-0.39, 0.29) is 24.5 Å². The first-order chi connectivity index (χ1) is 10.3. The Labute approximate surface area is 133 Å². The van der Waals surface area contributed by atoms with Gasteiger partial charge < -0.3 is 9.84 Å². The number of amides is 2. The summed E-state index contributed by atoms with van der Waals surface area (Å²) in [7, 11) is 0. The van der Waals surface area contributed by atoms with Crippen molar-refractivity contribution >= 4 is 12.0 Å². The summed E-state index contributed by atoms with van der Waals surface area (Å²) in [5.74, 6) is -0.959. The number of rotatable bonds is 8. The van der Waals surface area contributed by atoms with E-state index in [4.69, 9.17) is 4.74 Å². The van der Waals surface area contributed by atoms with E-state index in [1.165, 1.54) is 0 Å². The Morgan fingerprint density at radius 3 is 2.59 bits per heavy atom. The highest BCUT2D eigenvalue weighted by Crippen LogP contribution is 2.25. The maximum absolute atomic E-state index is 12.6. The third-order valence-corrected chi connectivity index (χ3v) is 4.30. The highest BCUT2D eigenvalue weighted by molar-refractivity contribution is 5.95. The molecule has 0 radical (unpaired) electrons. The Bertz CT molecular complexity index is 419. The number of carbonyl (C=O) groups is 2. The van der Waals surface area contributed by atoms with Gasteiger partial charge in [-0.05, 0) is 24.3 Å². The number of nitrogens with zero attached hydrogens (tertiary/aromatic N) is 1. The van der Waals surface area contributed by atoms with Gasteiger partial charge in [0.15, 0.2) is 0 Å². The molecule has 22 heavy (non-hydrogen) atoms. The quantitative estimate of drug-likeness (QED) is 0.552. The van der Waals surface area contributed by atoms with Gasteiger partial charge in [-0.3, -0.25) is 4.79 Å². The molecule has 1 unspecified atom stereocenters. The minimum absolute atomic E-state index is 0.118. The smallest absolute Gasteiger partial charge is 0.416 e. The van der Waals surface area contributed by atoms with Crippen LogP contribution in [0.5, 0.6) is 0 Å². The predicted molar refractivity (Wildman–Crippen MR) is 85.3 cm³/mol. The molecule has 0 bridgehead atoms. The van der Waals surface area contributed by atoms with Crippen molar-refractivity contribution in [1.29, 1.82) is 0 Å². The van der Waals surface area contributed by atoms with Gasteiger partial charge in [-0.2, -0.15) is 0 Å². The molecule has 1 fully saturated rings. The van der Waals surface area contributed by atoms with Gasteiger partial charge in [0, 0.05) is 0 Å². The van der Waals surface area contributed by atoms with Gasteiger partial charge in [0.1, 0.15) is 6.61 Å². The zero-order chi connectivity index (χ0) is 16.9. The lowest BCUT2D eigenvalue weighted by Crippen LogP contribution is -2.47. The first-order valence-corrected chi connectivity index (χ1v) is 8.16. The molecule has 1 aliphatic heterocycles. The number of carbonyl (C=O) groups excluding carboxylic acids is 2. The largest absolute Gasteiger partial charge is 0.447 e. The van der Waals surface area contributed by atoms with Gasteiger partial charge in [-0.1, -0.05) is 47.1 Å². The van der Waals surface area contributed by atoms with Crippen LogP contribution in [0.3, 0.4) is 0 Å². The van der Waals surface area contributed by atoms with Crippen molar-refractivity contribution in [3.05, 3.63) is 12.2 Å². The van der Waals surface area contributed by atoms with Gasteiger partial charge in [-0.25, -0.2) is 9.69 Å². The number of aliphatic hydroxyl groups is 1. The second-order valence-electron chi connectivity index (χ2n) is 6.45. The average molecular weight is 311 g/mol. The van der Waals surface area contributed by atoms with Crippen LogP contribution in [-0.4, -0.2) is 40.8 Å². The van der Waals surface area contributed by atoms with Crippen LogP contribution < -0.4 is 0 Å². The van der Waals surface area contributed by atoms with Crippen LogP contribution in [0.15, 0.2) is 12.2 Å². The van der Waals surface area contributed by atoms with E-state index in [0.717, 1.165) is 24.2 Å². The number of hydrogen-bond donors (Lipinski definition) is 1.